The highest BCUT2D eigenvalue weighted by molar-refractivity contribution is 9.10. The number of ether oxygens (including phenoxy) is 2. The number of aliphatic carboxylic acids is 1. The summed E-state index contributed by atoms with van der Waals surface area (Å²) >= 11 is 3.43. The molecule has 1 aromatic heterocycles. The lowest BCUT2D eigenvalue weighted by atomic mass is 10.1. The fraction of sp³-hybridized carbons (Fsp3) is 0.208. The Hall–Kier alpha value is -3.39. The second-order valence-corrected chi connectivity index (χ2v) is 8.19. The van der Waals surface area contributed by atoms with Crippen molar-refractivity contribution in [2.75, 3.05) is 13.2 Å². The Balaban J connectivity index is 1.36. The molecule has 1 heterocycles. The van der Waals surface area contributed by atoms with E-state index < -0.39 is 5.97 Å². The number of hydrogen-bond donors (Lipinski definition) is 1. The van der Waals surface area contributed by atoms with Crippen LogP contribution < -0.4 is 9.47 Å². The smallest absolute Gasteiger partial charge is 0.307 e. The fourth-order valence-electron chi connectivity index (χ4n) is 3.24. The predicted molar refractivity (Wildman–Crippen MR) is 125 cm³/mol. The van der Waals surface area contributed by atoms with Crippen LogP contribution in [0.15, 0.2) is 65.1 Å². The third-order valence-corrected chi connectivity index (χ3v) is 5.39. The number of rotatable bonds is 9. The van der Waals surface area contributed by atoms with Crippen LogP contribution in [0.1, 0.15) is 17.5 Å². The minimum Gasteiger partial charge on any atom is -0.492 e. The van der Waals surface area contributed by atoms with Gasteiger partial charge >= 0.3 is 5.97 Å². The number of aryl methyl sites for hydroxylation is 1. The molecule has 0 unspecified atom stereocenters. The molecule has 4 aromatic rings. The molecule has 0 saturated heterocycles. The molecule has 164 valence electrons. The first kappa shape index (κ1) is 21.8. The first-order chi connectivity index (χ1) is 15.5. The van der Waals surface area contributed by atoms with Gasteiger partial charge in [0.1, 0.15) is 28.2 Å². The number of halogens is 1. The summed E-state index contributed by atoms with van der Waals surface area (Å²) in [5, 5.41) is 18.0. The largest absolute Gasteiger partial charge is 0.492 e. The standard InChI is InChI=1S/C24H22BrN3O4/c1-16-7-9-23(21(13-16)28-26-19-5-2-3-6-20(19)27-28)32-12-4-11-31-22-10-8-17(14-18(22)25)15-24(29)30/h2-3,5-10,13-14H,4,11-12,15H2,1H3,(H,29,30). The lowest BCUT2D eigenvalue weighted by Crippen LogP contribution is -2.08. The van der Waals surface area contributed by atoms with Crippen LogP contribution in [-0.2, 0) is 11.2 Å². The molecule has 4 rings (SSSR count). The van der Waals surface area contributed by atoms with E-state index in [1.807, 2.05) is 49.4 Å². The van der Waals surface area contributed by atoms with Crippen LogP contribution in [-0.4, -0.2) is 39.3 Å². The molecule has 1 N–H and O–H groups in total. The molecular weight excluding hydrogens is 474 g/mol. The van der Waals surface area contributed by atoms with Crippen molar-refractivity contribution in [3.63, 3.8) is 0 Å². The van der Waals surface area contributed by atoms with Crippen molar-refractivity contribution in [1.29, 1.82) is 0 Å². The maximum Gasteiger partial charge on any atom is 0.307 e. The molecule has 0 aliphatic carbocycles. The molecule has 7 nitrogen and oxygen atoms in total. The first-order valence-corrected chi connectivity index (χ1v) is 11.0. The van der Waals surface area contributed by atoms with Crippen LogP contribution >= 0.6 is 15.9 Å². The van der Waals surface area contributed by atoms with E-state index in [1.54, 1.807) is 23.0 Å². The van der Waals surface area contributed by atoms with Crippen LogP contribution in [0, 0.1) is 6.92 Å². The van der Waals surface area contributed by atoms with Crippen molar-refractivity contribution in [2.24, 2.45) is 0 Å². The molecule has 3 aromatic carbocycles. The van der Waals surface area contributed by atoms with E-state index in [-0.39, 0.29) is 6.42 Å². The van der Waals surface area contributed by atoms with Crippen LogP contribution in [0.2, 0.25) is 0 Å². The van der Waals surface area contributed by atoms with Gasteiger partial charge in [-0.25, -0.2) is 0 Å². The summed E-state index contributed by atoms with van der Waals surface area (Å²) in [7, 11) is 0. The zero-order valence-electron chi connectivity index (χ0n) is 17.5. The predicted octanol–water partition coefficient (Wildman–Crippen LogP) is 4.97. The van der Waals surface area contributed by atoms with Gasteiger partial charge in [-0.05, 0) is 70.4 Å². The van der Waals surface area contributed by atoms with E-state index in [0.717, 1.165) is 26.8 Å². The van der Waals surface area contributed by atoms with Gasteiger partial charge in [0.2, 0.25) is 0 Å². The Morgan fingerprint density at radius 2 is 1.62 bits per heavy atom. The molecule has 32 heavy (non-hydrogen) atoms. The highest BCUT2D eigenvalue weighted by atomic mass is 79.9. The maximum absolute atomic E-state index is 10.8. The average Bonchev–Trinajstić information content (AvgIpc) is 3.19. The fourth-order valence-corrected chi connectivity index (χ4v) is 3.78. The summed E-state index contributed by atoms with van der Waals surface area (Å²) in [6, 6.07) is 18.9. The van der Waals surface area contributed by atoms with Crippen molar-refractivity contribution in [3.8, 4) is 17.2 Å². The van der Waals surface area contributed by atoms with Gasteiger partial charge in [0.05, 0.1) is 24.1 Å². The number of benzene rings is 3. The Morgan fingerprint density at radius 1 is 0.969 bits per heavy atom. The Morgan fingerprint density at radius 3 is 2.28 bits per heavy atom. The quantitative estimate of drug-likeness (QED) is 0.330. The van der Waals surface area contributed by atoms with Gasteiger partial charge in [-0.3, -0.25) is 4.79 Å². The van der Waals surface area contributed by atoms with E-state index in [4.69, 9.17) is 14.6 Å². The van der Waals surface area contributed by atoms with Gasteiger partial charge in [-0.1, -0.05) is 24.3 Å². The van der Waals surface area contributed by atoms with Crippen molar-refractivity contribution >= 4 is 32.9 Å². The lowest BCUT2D eigenvalue weighted by molar-refractivity contribution is -0.136. The zero-order chi connectivity index (χ0) is 22.5. The second kappa shape index (κ2) is 9.82. The number of aromatic nitrogens is 3. The third kappa shape index (κ3) is 5.26. The number of hydrogen-bond acceptors (Lipinski definition) is 5. The topological polar surface area (TPSA) is 86.5 Å². The number of nitrogens with zero attached hydrogens (tertiary/aromatic N) is 3. The van der Waals surface area contributed by atoms with Gasteiger partial charge < -0.3 is 14.6 Å². The molecule has 0 fully saturated rings. The van der Waals surface area contributed by atoms with Crippen molar-refractivity contribution in [3.05, 3.63) is 76.3 Å². The molecule has 8 heteroatoms. The molecule has 0 bridgehead atoms. The molecular formula is C24H22BrN3O4. The summed E-state index contributed by atoms with van der Waals surface area (Å²) in [4.78, 5) is 12.4. The molecule has 0 amide bonds. The molecule has 0 radical (unpaired) electrons. The van der Waals surface area contributed by atoms with E-state index in [1.165, 1.54) is 0 Å². The minimum atomic E-state index is -0.864. The van der Waals surface area contributed by atoms with E-state index >= 15 is 0 Å². The summed E-state index contributed by atoms with van der Waals surface area (Å²) in [5.74, 6) is 0.509. The van der Waals surface area contributed by atoms with Crippen molar-refractivity contribution in [1.82, 2.24) is 15.0 Å². The SMILES string of the molecule is Cc1ccc(OCCCOc2ccc(CC(=O)O)cc2Br)c(-n2nc3ccccc3n2)c1. The van der Waals surface area contributed by atoms with Gasteiger partial charge in [0, 0.05) is 6.42 Å². The molecule has 0 aliphatic rings. The highest BCUT2D eigenvalue weighted by Gasteiger charge is 2.11. The normalized spacial score (nSPS) is 10.9. The second-order valence-electron chi connectivity index (χ2n) is 7.34. The van der Waals surface area contributed by atoms with Crippen LogP contribution in [0.4, 0.5) is 0 Å². The van der Waals surface area contributed by atoms with Crippen LogP contribution in [0.25, 0.3) is 16.7 Å². The Kier molecular flexibility index (Phi) is 6.70. The number of carbonyl (C=O) groups is 1. The third-order valence-electron chi connectivity index (χ3n) is 4.77. The van der Waals surface area contributed by atoms with Gasteiger partial charge in [0.15, 0.2) is 0 Å². The number of carboxylic acid groups (broad SMARTS) is 1. The monoisotopic (exact) mass is 495 g/mol. The zero-order valence-corrected chi connectivity index (χ0v) is 19.1. The van der Waals surface area contributed by atoms with E-state index in [0.29, 0.717) is 36.7 Å². The molecule has 0 aliphatic heterocycles. The summed E-state index contributed by atoms with van der Waals surface area (Å²) < 4.78 is 12.6. The highest BCUT2D eigenvalue weighted by Crippen LogP contribution is 2.27. The van der Waals surface area contributed by atoms with Gasteiger partial charge in [-0.15, -0.1) is 15.0 Å². The van der Waals surface area contributed by atoms with E-state index in [2.05, 4.69) is 26.1 Å². The molecule has 0 spiro atoms. The minimum absolute atomic E-state index is 0.0216. The molecule has 0 saturated carbocycles. The van der Waals surface area contributed by atoms with E-state index in [9.17, 15) is 4.79 Å². The first-order valence-electron chi connectivity index (χ1n) is 10.2. The van der Waals surface area contributed by atoms with Crippen molar-refractivity contribution < 1.29 is 19.4 Å². The number of fused-ring (bicyclic) bond motifs is 1. The van der Waals surface area contributed by atoms with Gasteiger partial charge in [-0.2, -0.15) is 0 Å². The lowest BCUT2D eigenvalue weighted by Gasteiger charge is -2.13. The summed E-state index contributed by atoms with van der Waals surface area (Å²) in [6.07, 6.45) is 0.650. The summed E-state index contributed by atoms with van der Waals surface area (Å²) in [6.45, 7) is 2.94. The number of carboxylic acids is 1. The molecule has 0 atom stereocenters. The van der Waals surface area contributed by atoms with Crippen LogP contribution in [0.5, 0.6) is 11.5 Å². The Bertz CT molecular complexity index is 1220. The van der Waals surface area contributed by atoms with Crippen LogP contribution in [0.3, 0.4) is 0 Å². The maximum atomic E-state index is 10.8. The van der Waals surface area contributed by atoms with Crippen molar-refractivity contribution in [2.45, 2.75) is 19.8 Å². The van der Waals surface area contributed by atoms with Gasteiger partial charge in [0.25, 0.3) is 0 Å². The average molecular weight is 496 g/mol. The summed E-state index contributed by atoms with van der Waals surface area (Å²) in [5.41, 5.74) is 4.25. The Labute approximate surface area is 193 Å².